The molecule has 3 amide bonds. The highest BCUT2D eigenvalue weighted by atomic mass is 19.4. The van der Waals surface area contributed by atoms with Gasteiger partial charge in [-0.1, -0.05) is 18.0 Å². The van der Waals surface area contributed by atoms with Crippen molar-refractivity contribution in [1.82, 2.24) is 15.8 Å². The molecule has 10 nitrogen and oxygen atoms in total. The molecule has 1 saturated heterocycles. The average Bonchev–Trinajstić information content (AvgIpc) is 3.31. The number of primary amides is 1. The molecule has 2 aliphatic rings. The van der Waals surface area contributed by atoms with Crippen LogP contribution in [-0.4, -0.2) is 54.2 Å². The Labute approximate surface area is 203 Å². The van der Waals surface area contributed by atoms with Crippen LogP contribution in [0.5, 0.6) is 0 Å². The van der Waals surface area contributed by atoms with E-state index in [1.165, 1.54) is 0 Å². The summed E-state index contributed by atoms with van der Waals surface area (Å²) in [4.78, 5) is 50.1. The number of amides is 3. The molecule has 1 aromatic rings. The molecule has 200 valence electrons. The zero-order chi connectivity index (χ0) is 26.8. The van der Waals surface area contributed by atoms with E-state index >= 15 is 0 Å². The standard InChI is InChI=1S/C22H28F4N4O6/c1-21(2,23)17-15(16(18(27)32)30-36-17)12(7-10-3-4-10)20(34)29-13(8-11-5-6-28-19(11)33)14(31)9-35-22(24,25)26/h10-13H,3-9H2,1-2H3,(H2,27,32)(H,28,33)(H,29,34)/t11-,12-,13-/m0/s1. The first kappa shape index (κ1) is 27.6. The van der Waals surface area contributed by atoms with Crippen LogP contribution in [-0.2, 0) is 24.8 Å². The third-order valence-corrected chi connectivity index (χ3v) is 6.20. The quantitative estimate of drug-likeness (QED) is 0.356. The summed E-state index contributed by atoms with van der Waals surface area (Å²) in [5, 5.41) is 8.51. The van der Waals surface area contributed by atoms with E-state index in [0.29, 0.717) is 13.0 Å². The Balaban J connectivity index is 1.92. The van der Waals surface area contributed by atoms with Crippen LogP contribution in [0.1, 0.15) is 73.7 Å². The second kappa shape index (κ2) is 10.5. The van der Waals surface area contributed by atoms with Crippen LogP contribution in [0.3, 0.4) is 0 Å². The Hall–Kier alpha value is -3.03. The third-order valence-electron chi connectivity index (χ3n) is 6.20. The topological polar surface area (TPSA) is 154 Å². The normalized spacial score (nSPS) is 20.1. The lowest BCUT2D eigenvalue weighted by molar-refractivity contribution is -0.321. The predicted molar refractivity (Wildman–Crippen MR) is 114 cm³/mol. The molecule has 36 heavy (non-hydrogen) atoms. The van der Waals surface area contributed by atoms with Gasteiger partial charge in [0.15, 0.2) is 22.9 Å². The molecule has 4 N–H and O–H groups in total. The molecule has 1 aliphatic carbocycles. The highest BCUT2D eigenvalue weighted by Crippen LogP contribution is 2.43. The van der Waals surface area contributed by atoms with Crippen molar-refractivity contribution in [2.75, 3.05) is 13.2 Å². The van der Waals surface area contributed by atoms with Crippen LogP contribution in [0.2, 0.25) is 0 Å². The SMILES string of the molecule is CC(C)(F)c1onc(C(N)=O)c1[C@H](CC1CC1)C(=O)N[C@@H](C[C@@H]1CCNC1=O)C(=O)COC(F)(F)F. The number of ether oxygens (including phenoxy) is 1. The van der Waals surface area contributed by atoms with Crippen molar-refractivity contribution in [3.63, 3.8) is 0 Å². The van der Waals surface area contributed by atoms with Crippen molar-refractivity contribution in [1.29, 1.82) is 0 Å². The van der Waals surface area contributed by atoms with Crippen molar-refractivity contribution in [3.8, 4) is 0 Å². The monoisotopic (exact) mass is 520 g/mol. The zero-order valence-corrected chi connectivity index (χ0v) is 19.7. The van der Waals surface area contributed by atoms with Gasteiger partial charge in [-0.3, -0.25) is 23.9 Å². The number of carbonyl (C=O) groups is 4. The molecule has 1 saturated carbocycles. The highest BCUT2D eigenvalue weighted by molar-refractivity contribution is 5.97. The summed E-state index contributed by atoms with van der Waals surface area (Å²) in [7, 11) is 0. The highest BCUT2D eigenvalue weighted by Gasteiger charge is 2.42. The van der Waals surface area contributed by atoms with Crippen LogP contribution < -0.4 is 16.4 Å². The van der Waals surface area contributed by atoms with Crippen molar-refractivity contribution >= 4 is 23.5 Å². The van der Waals surface area contributed by atoms with Crippen LogP contribution in [0.25, 0.3) is 0 Å². The van der Waals surface area contributed by atoms with Gasteiger partial charge < -0.3 is 20.9 Å². The lowest BCUT2D eigenvalue weighted by atomic mass is 9.86. The predicted octanol–water partition coefficient (Wildman–Crippen LogP) is 1.98. The Bertz CT molecular complexity index is 1020. The molecule has 0 bridgehead atoms. The number of Topliss-reactive ketones (excluding diaryl/α,β-unsaturated/α-hetero) is 1. The van der Waals surface area contributed by atoms with Crippen molar-refractivity contribution < 1.29 is 46.0 Å². The van der Waals surface area contributed by atoms with Gasteiger partial charge in [0.1, 0.15) is 6.61 Å². The minimum atomic E-state index is -5.08. The van der Waals surface area contributed by atoms with Gasteiger partial charge in [-0.2, -0.15) is 0 Å². The molecule has 0 radical (unpaired) electrons. The van der Waals surface area contributed by atoms with Gasteiger partial charge in [0.05, 0.1) is 12.0 Å². The van der Waals surface area contributed by atoms with E-state index in [1.807, 2.05) is 0 Å². The molecular formula is C22H28F4N4O6. The number of ketones is 1. The molecule has 1 aromatic heterocycles. The van der Waals surface area contributed by atoms with Gasteiger partial charge in [0.25, 0.3) is 5.91 Å². The summed E-state index contributed by atoms with van der Waals surface area (Å²) in [5.74, 6) is -5.71. The lowest BCUT2D eigenvalue weighted by Gasteiger charge is -2.25. The number of alkyl halides is 4. The van der Waals surface area contributed by atoms with Gasteiger partial charge in [0, 0.05) is 18.0 Å². The molecule has 0 unspecified atom stereocenters. The Morgan fingerprint density at radius 2 is 1.86 bits per heavy atom. The van der Waals surface area contributed by atoms with E-state index < -0.39 is 71.5 Å². The number of aromatic nitrogens is 1. The minimum absolute atomic E-state index is 0.0512. The van der Waals surface area contributed by atoms with E-state index in [0.717, 1.165) is 26.7 Å². The van der Waals surface area contributed by atoms with Gasteiger partial charge >= 0.3 is 6.36 Å². The van der Waals surface area contributed by atoms with Gasteiger partial charge in [-0.05, 0) is 39.0 Å². The number of rotatable bonds is 12. The molecular weight excluding hydrogens is 492 g/mol. The number of carbonyl (C=O) groups excluding carboxylic acids is 4. The smallest absolute Gasteiger partial charge is 0.364 e. The maximum Gasteiger partial charge on any atom is 0.522 e. The first-order chi connectivity index (χ1) is 16.7. The van der Waals surface area contributed by atoms with Gasteiger partial charge in [-0.15, -0.1) is 13.2 Å². The third kappa shape index (κ3) is 7.02. The number of halogens is 4. The number of hydrogen-bond acceptors (Lipinski definition) is 7. The van der Waals surface area contributed by atoms with Crippen LogP contribution in [0, 0.1) is 11.8 Å². The number of nitrogens with two attached hydrogens (primary N) is 1. The fourth-order valence-corrected chi connectivity index (χ4v) is 4.22. The molecule has 0 aromatic carbocycles. The number of hydrogen-bond donors (Lipinski definition) is 3. The minimum Gasteiger partial charge on any atom is -0.364 e. The van der Waals surface area contributed by atoms with E-state index in [-0.39, 0.29) is 24.3 Å². The first-order valence-electron chi connectivity index (χ1n) is 11.5. The first-order valence-corrected chi connectivity index (χ1v) is 11.5. The van der Waals surface area contributed by atoms with Crippen molar-refractivity contribution in [3.05, 3.63) is 17.0 Å². The molecule has 2 heterocycles. The summed E-state index contributed by atoms with van der Waals surface area (Å²) in [5.41, 5.74) is 2.60. The molecule has 0 spiro atoms. The summed E-state index contributed by atoms with van der Waals surface area (Å²) in [6, 6.07) is -1.51. The maximum atomic E-state index is 14.9. The van der Waals surface area contributed by atoms with E-state index in [4.69, 9.17) is 10.3 Å². The largest absolute Gasteiger partial charge is 0.522 e. The average molecular weight is 520 g/mol. The Kier molecular flexibility index (Phi) is 8.06. The second-order valence-electron chi connectivity index (χ2n) is 9.62. The fraction of sp³-hybridized carbons (Fsp3) is 0.682. The molecule has 1 aliphatic heterocycles. The van der Waals surface area contributed by atoms with E-state index in [9.17, 15) is 36.7 Å². The molecule has 2 fully saturated rings. The van der Waals surface area contributed by atoms with Gasteiger partial charge in [-0.25, -0.2) is 4.39 Å². The second-order valence-corrected chi connectivity index (χ2v) is 9.62. The van der Waals surface area contributed by atoms with E-state index in [2.05, 4.69) is 20.5 Å². The zero-order valence-electron chi connectivity index (χ0n) is 19.7. The van der Waals surface area contributed by atoms with E-state index in [1.54, 1.807) is 0 Å². The summed E-state index contributed by atoms with van der Waals surface area (Å²) in [6.45, 7) is 1.21. The summed E-state index contributed by atoms with van der Waals surface area (Å²) >= 11 is 0. The summed E-state index contributed by atoms with van der Waals surface area (Å²) < 4.78 is 61.2. The fourth-order valence-electron chi connectivity index (χ4n) is 4.22. The van der Waals surface area contributed by atoms with Crippen molar-refractivity contribution in [2.24, 2.45) is 17.6 Å². The lowest BCUT2D eigenvalue weighted by Crippen LogP contribution is -2.47. The summed E-state index contributed by atoms with van der Waals surface area (Å²) in [6.07, 6.45) is -3.35. The molecule has 3 atom stereocenters. The molecule has 14 heteroatoms. The van der Waals surface area contributed by atoms with Crippen LogP contribution >= 0.6 is 0 Å². The molecule has 3 rings (SSSR count). The number of nitrogens with zero attached hydrogens (tertiary/aromatic N) is 1. The maximum absolute atomic E-state index is 14.9. The van der Waals surface area contributed by atoms with Crippen LogP contribution in [0.4, 0.5) is 17.6 Å². The van der Waals surface area contributed by atoms with Crippen molar-refractivity contribution in [2.45, 2.75) is 69.9 Å². The van der Waals surface area contributed by atoms with Crippen LogP contribution in [0.15, 0.2) is 4.52 Å². The van der Waals surface area contributed by atoms with Gasteiger partial charge in [0.2, 0.25) is 11.8 Å². The Morgan fingerprint density at radius 1 is 1.19 bits per heavy atom. The Morgan fingerprint density at radius 3 is 2.36 bits per heavy atom. The number of nitrogens with one attached hydrogen (secondary N) is 2.